The van der Waals surface area contributed by atoms with E-state index in [4.69, 9.17) is 21.1 Å². The van der Waals surface area contributed by atoms with Crippen LogP contribution in [0, 0.1) is 6.92 Å². The summed E-state index contributed by atoms with van der Waals surface area (Å²) in [6.45, 7) is 1.65. The minimum Gasteiger partial charge on any atom is -0.484 e. The molecule has 1 heterocycles. The van der Waals surface area contributed by atoms with Crippen LogP contribution in [0.5, 0.6) is 5.75 Å². The molecule has 0 bridgehead atoms. The second kappa shape index (κ2) is 13.9. The number of halogens is 5. The first-order chi connectivity index (χ1) is 20.6. The van der Waals surface area contributed by atoms with Gasteiger partial charge in [0.2, 0.25) is 15.9 Å². The Morgan fingerprint density at radius 1 is 1.20 bits per heavy atom. The average Bonchev–Trinajstić information content (AvgIpc) is 3.46. The molecule has 242 valence electrons. The van der Waals surface area contributed by atoms with Gasteiger partial charge in [-0.3, -0.25) is 9.59 Å². The molecule has 2 amide bonds. The highest BCUT2D eigenvalue weighted by Crippen LogP contribution is 2.42. The second-order valence-electron chi connectivity index (χ2n) is 10.8. The van der Waals surface area contributed by atoms with Crippen molar-refractivity contribution in [2.75, 3.05) is 46.9 Å². The van der Waals surface area contributed by atoms with Crippen LogP contribution in [0.15, 0.2) is 39.7 Å². The molecule has 16 heteroatoms. The third-order valence-corrected chi connectivity index (χ3v) is 9.92. The Morgan fingerprint density at radius 3 is 2.59 bits per heavy atom. The van der Waals surface area contributed by atoms with E-state index in [2.05, 4.69) is 25.6 Å². The molecular weight excluding hydrogens is 693 g/mol. The number of benzene rings is 2. The van der Waals surface area contributed by atoms with Gasteiger partial charge in [-0.1, -0.05) is 27.5 Å². The third-order valence-electron chi connectivity index (χ3n) is 7.53. The maximum absolute atomic E-state index is 13.2. The van der Waals surface area contributed by atoms with E-state index in [0.717, 1.165) is 22.0 Å². The van der Waals surface area contributed by atoms with Crippen molar-refractivity contribution in [2.24, 2.45) is 0 Å². The number of carbonyl (C=O) groups is 2. The van der Waals surface area contributed by atoms with E-state index in [9.17, 15) is 31.2 Å². The summed E-state index contributed by atoms with van der Waals surface area (Å²) < 4.78 is 78.0. The van der Waals surface area contributed by atoms with E-state index >= 15 is 0 Å². The molecule has 1 fully saturated rings. The van der Waals surface area contributed by atoms with Crippen LogP contribution in [0.25, 0.3) is 0 Å². The summed E-state index contributed by atoms with van der Waals surface area (Å²) in [5.41, 5.74) is 2.67. The van der Waals surface area contributed by atoms with Crippen LogP contribution in [-0.4, -0.2) is 95.2 Å². The molecule has 1 aliphatic heterocycles. The maximum atomic E-state index is 13.2. The van der Waals surface area contributed by atoms with Crippen LogP contribution in [-0.2, 0) is 30.8 Å². The lowest BCUT2D eigenvalue weighted by molar-refractivity contribution is -0.173. The van der Waals surface area contributed by atoms with E-state index in [1.54, 1.807) is 18.3 Å². The highest BCUT2D eigenvalue weighted by atomic mass is 79.9. The smallest absolute Gasteiger partial charge is 0.471 e. The fraction of sp³-hybridized carbons (Fsp3) is 0.500. The highest BCUT2D eigenvalue weighted by molar-refractivity contribution is 9.10. The number of fused-ring (bicyclic) bond motifs is 1. The van der Waals surface area contributed by atoms with Crippen molar-refractivity contribution in [1.29, 1.82) is 0 Å². The van der Waals surface area contributed by atoms with Crippen LogP contribution in [0.4, 0.5) is 13.2 Å². The van der Waals surface area contributed by atoms with Gasteiger partial charge in [0, 0.05) is 29.1 Å². The number of likely N-dealkylation sites (tertiary alicyclic amines) is 1. The van der Waals surface area contributed by atoms with Crippen molar-refractivity contribution in [3.63, 3.8) is 0 Å². The Balaban J connectivity index is 1.34. The van der Waals surface area contributed by atoms with Gasteiger partial charge >= 0.3 is 12.1 Å². The van der Waals surface area contributed by atoms with E-state index in [1.165, 1.54) is 17.0 Å². The lowest BCUT2D eigenvalue weighted by Crippen LogP contribution is -2.42. The Hall–Kier alpha value is -2.43. The van der Waals surface area contributed by atoms with Gasteiger partial charge in [0.15, 0.2) is 0 Å². The van der Waals surface area contributed by atoms with E-state index in [0.29, 0.717) is 16.3 Å². The molecule has 2 aliphatic rings. The summed E-state index contributed by atoms with van der Waals surface area (Å²) in [4.78, 5) is 27.1. The number of nitrogens with one attached hydrogen (secondary N) is 2. The highest BCUT2D eigenvalue weighted by Gasteiger charge is 2.39. The molecule has 44 heavy (non-hydrogen) atoms. The summed E-state index contributed by atoms with van der Waals surface area (Å²) in [6, 6.07) is 7.33. The molecule has 4 rings (SSSR count). The summed E-state index contributed by atoms with van der Waals surface area (Å²) in [5, 5.41) is 2.26. The third kappa shape index (κ3) is 8.04. The van der Waals surface area contributed by atoms with Crippen molar-refractivity contribution in [2.45, 2.75) is 49.0 Å². The SMILES string of the molecule is Cc1cc(S(=O)(=O)N[C@H]2CCN(CCOCCNC(=O)C(F)(F)F)C2=O)ccc1O[C@H]1c2cc(Cl)cc(Br)c2C[C@@H]1N(C)C. The summed E-state index contributed by atoms with van der Waals surface area (Å²) in [7, 11) is -0.110. The molecule has 2 aromatic rings. The molecule has 1 aliphatic carbocycles. The molecule has 2 aromatic carbocycles. The van der Waals surface area contributed by atoms with Gasteiger partial charge in [0.25, 0.3) is 0 Å². The molecule has 0 radical (unpaired) electrons. The predicted octanol–water partition coefficient (Wildman–Crippen LogP) is 3.59. The minimum atomic E-state index is -4.97. The average molecular weight is 726 g/mol. The second-order valence-corrected chi connectivity index (χ2v) is 13.8. The number of carbonyl (C=O) groups excluding carboxylic acids is 2. The Morgan fingerprint density at radius 2 is 1.93 bits per heavy atom. The Bertz CT molecular complexity index is 1510. The molecule has 0 saturated carbocycles. The topological polar surface area (TPSA) is 117 Å². The fourth-order valence-corrected chi connectivity index (χ4v) is 7.51. The zero-order chi connectivity index (χ0) is 32.4. The number of hydrogen-bond donors (Lipinski definition) is 2. The van der Waals surface area contributed by atoms with Crippen molar-refractivity contribution >= 4 is 49.4 Å². The van der Waals surface area contributed by atoms with Gasteiger partial charge in [-0.15, -0.1) is 0 Å². The number of aryl methyl sites for hydroxylation is 1. The zero-order valence-corrected chi connectivity index (χ0v) is 27.4. The van der Waals surface area contributed by atoms with Crippen LogP contribution in [0.1, 0.15) is 29.2 Å². The fourth-order valence-electron chi connectivity index (χ4n) is 5.21. The van der Waals surface area contributed by atoms with Gasteiger partial charge in [0.1, 0.15) is 17.9 Å². The number of sulfonamides is 1. The van der Waals surface area contributed by atoms with Gasteiger partial charge in [0.05, 0.1) is 24.2 Å². The maximum Gasteiger partial charge on any atom is 0.471 e. The lowest BCUT2D eigenvalue weighted by atomic mass is 10.1. The number of rotatable bonds is 12. The Kier molecular flexibility index (Phi) is 10.9. The number of alkyl halides is 3. The van der Waals surface area contributed by atoms with Gasteiger partial charge < -0.3 is 24.6 Å². The van der Waals surface area contributed by atoms with Gasteiger partial charge in [-0.05, 0) is 80.9 Å². The first kappa shape index (κ1) is 34.4. The van der Waals surface area contributed by atoms with E-state index in [1.807, 2.05) is 26.2 Å². The van der Waals surface area contributed by atoms with Crippen LogP contribution < -0.4 is 14.8 Å². The van der Waals surface area contributed by atoms with Crippen molar-refractivity contribution in [3.8, 4) is 5.75 Å². The summed E-state index contributed by atoms with van der Waals surface area (Å²) in [6.07, 6.45) is -4.31. The monoisotopic (exact) mass is 724 g/mol. The largest absolute Gasteiger partial charge is 0.484 e. The van der Waals surface area contributed by atoms with Gasteiger partial charge in [-0.2, -0.15) is 17.9 Å². The summed E-state index contributed by atoms with van der Waals surface area (Å²) in [5.74, 6) is -1.97. The van der Waals surface area contributed by atoms with Gasteiger partial charge in [-0.25, -0.2) is 8.42 Å². The molecule has 0 unspecified atom stereocenters. The lowest BCUT2D eigenvalue weighted by Gasteiger charge is -2.28. The quantitative estimate of drug-likeness (QED) is 0.322. The predicted molar refractivity (Wildman–Crippen MR) is 160 cm³/mol. The first-order valence-electron chi connectivity index (χ1n) is 13.7. The zero-order valence-electron chi connectivity index (χ0n) is 24.2. The first-order valence-corrected chi connectivity index (χ1v) is 16.4. The number of likely N-dealkylation sites (N-methyl/N-ethyl adjacent to an activating group) is 1. The molecule has 0 spiro atoms. The van der Waals surface area contributed by atoms with Crippen LogP contribution >= 0.6 is 27.5 Å². The summed E-state index contributed by atoms with van der Waals surface area (Å²) >= 11 is 9.93. The Labute approximate surface area is 267 Å². The normalized spacial score (nSPS) is 20.3. The molecule has 2 N–H and O–H groups in total. The molecule has 3 atom stereocenters. The van der Waals surface area contributed by atoms with Crippen LogP contribution in [0.2, 0.25) is 5.02 Å². The number of ether oxygens (including phenoxy) is 2. The van der Waals surface area contributed by atoms with Crippen molar-refractivity contribution < 1.29 is 40.7 Å². The number of amides is 2. The van der Waals surface area contributed by atoms with E-state index in [-0.39, 0.29) is 56.3 Å². The molecule has 1 saturated heterocycles. The standard InChI is InChI=1S/C28H33BrClF3N4O6S/c1-16-12-18(4-5-24(16)43-25-20-13-17(30)14-21(29)19(20)15-23(25)36(2)3)44(40,41)35-22-6-8-37(26(22)38)9-11-42-10-7-34-27(39)28(31,32)33/h4-5,12-14,22-23,25,35H,6-11,15H2,1-3H3,(H,34,39)/t22-,23-,25-/m0/s1. The van der Waals surface area contributed by atoms with Crippen molar-refractivity contribution in [1.82, 2.24) is 19.8 Å². The minimum absolute atomic E-state index is 0.0110. The number of nitrogens with zero attached hydrogens (tertiary/aromatic N) is 2. The molecule has 10 nitrogen and oxygen atoms in total. The molecule has 0 aromatic heterocycles. The number of hydrogen-bond acceptors (Lipinski definition) is 7. The van der Waals surface area contributed by atoms with E-state index < -0.39 is 34.1 Å². The molecular formula is C28H33BrClF3N4O6S. The van der Waals surface area contributed by atoms with Crippen molar-refractivity contribution in [3.05, 3.63) is 56.5 Å². The van der Waals surface area contributed by atoms with Crippen LogP contribution in [0.3, 0.4) is 0 Å².